The van der Waals surface area contributed by atoms with Gasteiger partial charge in [-0.15, -0.1) is 5.10 Å². The van der Waals surface area contributed by atoms with E-state index >= 15 is 0 Å². The van der Waals surface area contributed by atoms with Crippen LogP contribution >= 0.6 is 0 Å². The van der Waals surface area contributed by atoms with Gasteiger partial charge in [-0.2, -0.15) is 5.21 Å². The monoisotopic (exact) mass is 234 g/mol. The van der Waals surface area contributed by atoms with E-state index in [0.717, 1.165) is 0 Å². The van der Waals surface area contributed by atoms with Gasteiger partial charge in [-0.25, -0.2) is 0 Å². The Morgan fingerprint density at radius 3 is 2.82 bits per heavy atom. The summed E-state index contributed by atoms with van der Waals surface area (Å²) in [5.41, 5.74) is -0.351. The van der Waals surface area contributed by atoms with Crippen LogP contribution in [0.2, 0.25) is 0 Å². The van der Waals surface area contributed by atoms with Crippen molar-refractivity contribution in [1.29, 1.82) is 0 Å². The zero-order valence-electron chi connectivity index (χ0n) is 8.32. The second-order valence-electron chi connectivity index (χ2n) is 2.96. The Morgan fingerprint density at radius 1 is 1.41 bits per heavy atom. The molecule has 9 nitrogen and oxygen atoms in total. The highest BCUT2D eigenvalue weighted by molar-refractivity contribution is 6.06. The Balaban J connectivity index is 2.28. The van der Waals surface area contributed by atoms with Crippen molar-refractivity contribution < 1.29 is 9.72 Å². The van der Waals surface area contributed by atoms with Crippen molar-refractivity contribution in [2.24, 2.45) is 0 Å². The van der Waals surface area contributed by atoms with E-state index in [-0.39, 0.29) is 17.2 Å². The fraction of sp³-hybridized carbons (Fsp3) is 0. The molecule has 0 radical (unpaired) electrons. The second-order valence-corrected chi connectivity index (χ2v) is 2.96. The van der Waals surface area contributed by atoms with Crippen molar-refractivity contribution >= 4 is 17.5 Å². The first kappa shape index (κ1) is 10.7. The number of nitrogens with zero attached hydrogens (tertiary/aromatic N) is 4. The molecule has 17 heavy (non-hydrogen) atoms. The number of tetrazole rings is 1. The first-order chi connectivity index (χ1) is 8.18. The van der Waals surface area contributed by atoms with Crippen LogP contribution in [0.15, 0.2) is 24.3 Å². The standard InChI is InChI=1S/C8H6N6O3/c15-7(9-8-10-12-13-11-8)5-3-1-2-4-6(5)14(16)17/h1-4H,(H2,9,10,11,12,13,15). The normalized spacial score (nSPS) is 9.88. The number of amides is 1. The van der Waals surface area contributed by atoms with E-state index in [2.05, 4.69) is 25.9 Å². The summed E-state index contributed by atoms with van der Waals surface area (Å²) >= 11 is 0. The molecule has 9 heteroatoms. The molecule has 2 rings (SSSR count). The molecule has 86 valence electrons. The number of nitro benzene ring substituents is 1. The molecule has 1 aromatic carbocycles. The summed E-state index contributed by atoms with van der Waals surface area (Å²) in [5, 5.41) is 25.4. The van der Waals surface area contributed by atoms with Crippen LogP contribution in [0.1, 0.15) is 10.4 Å². The molecular formula is C8H6N6O3. The van der Waals surface area contributed by atoms with Gasteiger partial charge in [-0.05, 0) is 11.3 Å². The highest BCUT2D eigenvalue weighted by Crippen LogP contribution is 2.18. The van der Waals surface area contributed by atoms with E-state index in [4.69, 9.17) is 0 Å². The SMILES string of the molecule is O=C(Nc1nn[nH]n1)c1ccccc1[N+](=O)[O-]. The zero-order chi connectivity index (χ0) is 12.3. The summed E-state index contributed by atoms with van der Waals surface area (Å²) in [5.74, 6) is -0.716. The molecule has 0 saturated heterocycles. The average molecular weight is 234 g/mol. The number of carbonyl (C=O) groups is 1. The molecule has 0 unspecified atom stereocenters. The summed E-state index contributed by atoms with van der Waals surface area (Å²) in [6.07, 6.45) is 0. The largest absolute Gasteiger partial charge is 0.288 e. The number of benzene rings is 1. The first-order valence-electron chi connectivity index (χ1n) is 4.46. The predicted octanol–water partition coefficient (Wildman–Crippen LogP) is 0.360. The van der Waals surface area contributed by atoms with Crippen molar-refractivity contribution in [2.75, 3.05) is 5.32 Å². The number of anilines is 1. The molecule has 0 saturated carbocycles. The topological polar surface area (TPSA) is 127 Å². The third-order valence-corrected chi connectivity index (χ3v) is 1.92. The van der Waals surface area contributed by atoms with E-state index in [0.29, 0.717) is 0 Å². The quantitative estimate of drug-likeness (QED) is 0.583. The number of aromatic amines is 1. The summed E-state index contributed by atoms with van der Waals surface area (Å²) in [7, 11) is 0. The summed E-state index contributed by atoms with van der Waals surface area (Å²) < 4.78 is 0. The van der Waals surface area contributed by atoms with Gasteiger partial charge in [-0.1, -0.05) is 17.2 Å². The number of nitrogens with one attached hydrogen (secondary N) is 2. The van der Waals surface area contributed by atoms with Gasteiger partial charge in [0, 0.05) is 6.07 Å². The lowest BCUT2D eigenvalue weighted by Gasteiger charge is -2.01. The zero-order valence-corrected chi connectivity index (χ0v) is 8.32. The van der Waals surface area contributed by atoms with Crippen LogP contribution in [0, 0.1) is 10.1 Å². The van der Waals surface area contributed by atoms with Crippen molar-refractivity contribution in [3.05, 3.63) is 39.9 Å². The maximum atomic E-state index is 11.7. The number of rotatable bonds is 3. The van der Waals surface area contributed by atoms with Crippen LogP contribution in [0.4, 0.5) is 11.6 Å². The van der Waals surface area contributed by atoms with E-state index < -0.39 is 10.8 Å². The van der Waals surface area contributed by atoms with Crippen molar-refractivity contribution in [1.82, 2.24) is 20.6 Å². The minimum absolute atomic E-state index is 0.0480. The lowest BCUT2D eigenvalue weighted by molar-refractivity contribution is -0.385. The number of nitro groups is 1. The lowest BCUT2D eigenvalue weighted by Crippen LogP contribution is -2.14. The minimum Gasteiger partial charge on any atom is -0.288 e. The van der Waals surface area contributed by atoms with E-state index in [1.165, 1.54) is 24.3 Å². The number of aromatic nitrogens is 4. The van der Waals surface area contributed by atoms with Gasteiger partial charge in [0.05, 0.1) is 4.92 Å². The number of hydrogen-bond acceptors (Lipinski definition) is 6. The third-order valence-electron chi connectivity index (χ3n) is 1.92. The fourth-order valence-electron chi connectivity index (χ4n) is 1.21. The third kappa shape index (κ3) is 2.22. The Morgan fingerprint density at radius 2 is 2.18 bits per heavy atom. The van der Waals surface area contributed by atoms with Gasteiger partial charge in [-0.3, -0.25) is 20.2 Å². The molecule has 0 atom stereocenters. The van der Waals surface area contributed by atoms with Gasteiger partial charge in [0.25, 0.3) is 17.5 Å². The molecule has 1 aromatic heterocycles. The van der Waals surface area contributed by atoms with Crippen molar-refractivity contribution in [2.45, 2.75) is 0 Å². The highest BCUT2D eigenvalue weighted by Gasteiger charge is 2.19. The molecule has 0 aliphatic rings. The van der Waals surface area contributed by atoms with Crippen LogP contribution in [0.5, 0.6) is 0 Å². The maximum absolute atomic E-state index is 11.7. The molecule has 0 spiro atoms. The molecule has 2 N–H and O–H groups in total. The van der Waals surface area contributed by atoms with Gasteiger partial charge < -0.3 is 0 Å². The molecule has 0 fully saturated rings. The molecule has 1 amide bonds. The molecule has 0 bridgehead atoms. The number of carbonyl (C=O) groups excluding carboxylic acids is 1. The lowest BCUT2D eigenvalue weighted by atomic mass is 10.1. The summed E-state index contributed by atoms with van der Waals surface area (Å²) in [6.45, 7) is 0. The average Bonchev–Trinajstić information content (AvgIpc) is 2.81. The molecule has 0 aliphatic heterocycles. The molecule has 0 aliphatic carbocycles. The van der Waals surface area contributed by atoms with Crippen LogP contribution < -0.4 is 5.32 Å². The van der Waals surface area contributed by atoms with Crippen LogP contribution in [-0.4, -0.2) is 31.5 Å². The Bertz CT molecular complexity index is 552. The van der Waals surface area contributed by atoms with Crippen LogP contribution in [-0.2, 0) is 0 Å². The fourth-order valence-corrected chi connectivity index (χ4v) is 1.21. The van der Waals surface area contributed by atoms with E-state index in [1.54, 1.807) is 0 Å². The Kier molecular flexibility index (Phi) is 2.73. The molecular weight excluding hydrogens is 228 g/mol. The van der Waals surface area contributed by atoms with Gasteiger partial charge in [0.2, 0.25) is 0 Å². The van der Waals surface area contributed by atoms with Crippen molar-refractivity contribution in [3.63, 3.8) is 0 Å². The smallest absolute Gasteiger partial charge is 0.282 e. The summed E-state index contributed by atoms with van der Waals surface area (Å²) in [6, 6.07) is 5.58. The van der Waals surface area contributed by atoms with E-state index in [9.17, 15) is 14.9 Å². The molecule has 2 aromatic rings. The van der Waals surface area contributed by atoms with Crippen molar-refractivity contribution in [3.8, 4) is 0 Å². The van der Waals surface area contributed by atoms with Gasteiger partial charge in [0.1, 0.15) is 5.56 Å². The molecule has 1 heterocycles. The Labute approximate surface area is 94.0 Å². The Hall–Kier alpha value is -2.84. The van der Waals surface area contributed by atoms with Crippen LogP contribution in [0.25, 0.3) is 0 Å². The van der Waals surface area contributed by atoms with E-state index in [1.807, 2.05) is 0 Å². The summed E-state index contributed by atoms with van der Waals surface area (Å²) in [4.78, 5) is 21.8. The van der Waals surface area contributed by atoms with Gasteiger partial charge >= 0.3 is 0 Å². The highest BCUT2D eigenvalue weighted by atomic mass is 16.6. The minimum atomic E-state index is -0.668. The van der Waals surface area contributed by atoms with Gasteiger partial charge in [0.15, 0.2) is 0 Å². The predicted molar refractivity (Wildman–Crippen MR) is 55.2 cm³/mol. The number of hydrogen-bond donors (Lipinski definition) is 2. The van der Waals surface area contributed by atoms with Crippen LogP contribution in [0.3, 0.4) is 0 Å². The first-order valence-corrected chi connectivity index (χ1v) is 4.46. The number of para-hydroxylation sites is 1. The maximum Gasteiger partial charge on any atom is 0.282 e. The number of H-pyrrole nitrogens is 1. The second kappa shape index (κ2) is 4.35.